The molecular weight excluding hydrogens is 160 g/mol. The van der Waals surface area contributed by atoms with Crippen molar-refractivity contribution in [1.82, 2.24) is 0 Å². The summed E-state index contributed by atoms with van der Waals surface area (Å²) in [7, 11) is -0.677. The molecule has 0 aliphatic carbocycles. The summed E-state index contributed by atoms with van der Waals surface area (Å²) < 4.78 is 11.5. The van der Waals surface area contributed by atoms with Crippen molar-refractivity contribution in [2.75, 3.05) is 0 Å². The molecule has 62 valence electrons. The number of rotatable bonds is 0. The van der Waals surface area contributed by atoms with E-state index in [1.54, 1.807) is 0 Å². The third kappa shape index (κ3) is 1.26. The van der Waals surface area contributed by atoms with Crippen LogP contribution in [0.15, 0.2) is 0 Å². The van der Waals surface area contributed by atoms with Crippen LogP contribution in [0.3, 0.4) is 0 Å². The third-order valence-electron chi connectivity index (χ3n) is 2.62. The number of fused-ring (bicyclic) bond motifs is 2. The molecule has 11 heavy (non-hydrogen) atoms. The van der Waals surface area contributed by atoms with Crippen LogP contribution in [0.25, 0.3) is 0 Å². The minimum Gasteiger partial charge on any atom is -0.300 e. The first kappa shape index (κ1) is 7.47. The maximum atomic E-state index is 11.5. The first-order valence-electron chi connectivity index (χ1n) is 4.18. The molecule has 0 saturated carbocycles. The molecule has 2 saturated heterocycles. The van der Waals surface area contributed by atoms with Gasteiger partial charge in [-0.2, -0.15) is 0 Å². The van der Waals surface area contributed by atoms with Crippen molar-refractivity contribution in [3.8, 4) is 0 Å². The lowest BCUT2D eigenvalue weighted by atomic mass is 9.98. The fourth-order valence-electron chi connectivity index (χ4n) is 2.04. The molecule has 0 unspecified atom stereocenters. The van der Waals surface area contributed by atoms with E-state index < -0.39 is 10.8 Å². The Morgan fingerprint density at radius 2 is 1.73 bits per heavy atom. The number of carbonyl (C=O) groups is 1. The van der Waals surface area contributed by atoms with Gasteiger partial charge in [-0.05, 0) is 12.8 Å². The van der Waals surface area contributed by atoms with Crippen LogP contribution >= 0.6 is 0 Å². The van der Waals surface area contributed by atoms with Crippen molar-refractivity contribution in [2.24, 2.45) is 0 Å². The molecule has 0 spiro atoms. The van der Waals surface area contributed by atoms with Crippen molar-refractivity contribution >= 4 is 16.6 Å². The molecule has 0 N–H and O–H groups in total. The SMILES string of the molecule is O=C1C[C@H]2CCC[C@H](C1)S2=O. The molecule has 2 aliphatic rings. The molecule has 0 radical (unpaired) electrons. The fraction of sp³-hybridized carbons (Fsp3) is 0.875. The summed E-state index contributed by atoms with van der Waals surface area (Å²) in [5, 5.41) is 0.435. The van der Waals surface area contributed by atoms with Gasteiger partial charge in [0.05, 0.1) is 0 Å². The van der Waals surface area contributed by atoms with Crippen LogP contribution in [0.2, 0.25) is 0 Å². The van der Waals surface area contributed by atoms with Gasteiger partial charge in [0.25, 0.3) is 0 Å². The fourth-order valence-corrected chi connectivity index (χ4v) is 4.08. The van der Waals surface area contributed by atoms with E-state index in [1.165, 1.54) is 6.42 Å². The van der Waals surface area contributed by atoms with E-state index in [9.17, 15) is 9.00 Å². The molecule has 3 heteroatoms. The molecular formula is C8H12O2S. The maximum Gasteiger partial charge on any atom is 0.135 e. The highest BCUT2D eigenvalue weighted by molar-refractivity contribution is 7.86. The van der Waals surface area contributed by atoms with E-state index in [-0.39, 0.29) is 10.5 Å². The summed E-state index contributed by atoms with van der Waals surface area (Å²) >= 11 is 0. The standard InChI is InChI=1S/C8H12O2S/c9-6-4-7-2-1-3-8(5-6)11(7)10/h7-8H,1-5H2/t7-,8-/m1/s1. The Bertz CT molecular complexity index is 194. The van der Waals surface area contributed by atoms with Gasteiger partial charge >= 0.3 is 0 Å². The summed E-state index contributed by atoms with van der Waals surface area (Å²) in [4.78, 5) is 11.1. The van der Waals surface area contributed by atoms with Gasteiger partial charge in [0.15, 0.2) is 0 Å². The van der Waals surface area contributed by atoms with Gasteiger partial charge in [0.2, 0.25) is 0 Å². The average molecular weight is 172 g/mol. The van der Waals surface area contributed by atoms with Crippen molar-refractivity contribution in [2.45, 2.75) is 42.6 Å². The van der Waals surface area contributed by atoms with E-state index >= 15 is 0 Å². The first-order valence-corrected chi connectivity index (χ1v) is 5.46. The van der Waals surface area contributed by atoms with Gasteiger partial charge in [-0.25, -0.2) is 0 Å². The Labute approximate surface area is 68.8 Å². The maximum absolute atomic E-state index is 11.5. The van der Waals surface area contributed by atoms with Crippen LogP contribution in [-0.4, -0.2) is 20.5 Å². The van der Waals surface area contributed by atoms with E-state index in [0.29, 0.717) is 18.6 Å². The van der Waals surface area contributed by atoms with Crippen LogP contribution in [0.1, 0.15) is 32.1 Å². The molecule has 2 atom stereocenters. The van der Waals surface area contributed by atoms with Crippen LogP contribution in [0.4, 0.5) is 0 Å². The lowest BCUT2D eigenvalue weighted by molar-refractivity contribution is -0.119. The zero-order valence-electron chi connectivity index (χ0n) is 6.41. The van der Waals surface area contributed by atoms with Gasteiger partial charge in [-0.1, -0.05) is 6.42 Å². The zero-order chi connectivity index (χ0) is 7.84. The molecule has 0 aromatic carbocycles. The van der Waals surface area contributed by atoms with Crippen LogP contribution < -0.4 is 0 Å². The Kier molecular flexibility index (Phi) is 1.83. The van der Waals surface area contributed by atoms with Crippen LogP contribution in [-0.2, 0) is 15.6 Å². The highest BCUT2D eigenvalue weighted by atomic mass is 32.2. The Hall–Kier alpha value is -0.180. The van der Waals surface area contributed by atoms with Crippen molar-refractivity contribution in [1.29, 1.82) is 0 Å². The normalized spacial score (nSPS) is 44.0. The highest BCUT2D eigenvalue weighted by Gasteiger charge is 2.36. The lowest BCUT2D eigenvalue weighted by Gasteiger charge is -2.32. The van der Waals surface area contributed by atoms with Crippen molar-refractivity contribution in [3.63, 3.8) is 0 Å². The largest absolute Gasteiger partial charge is 0.300 e. The summed E-state index contributed by atoms with van der Waals surface area (Å²) in [5.74, 6) is 0.333. The zero-order valence-corrected chi connectivity index (χ0v) is 7.23. The molecule has 0 aromatic heterocycles. The number of hydrogen-bond donors (Lipinski definition) is 0. The average Bonchev–Trinajstić information content (AvgIpc) is 1.92. The molecule has 0 amide bonds. The van der Waals surface area contributed by atoms with Crippen molar-refractivity contribution < 1.29 is 9.00 Å². The molecule has 2 nitrogen and oxygen atoms in total. The summed E-state index contributed by atoms with van der Waals surface area (Å²) in [5.41, 5.74) is 0. The predicted molar refractivity (Wildman–Crippen MR) is 43.8 cm³/mol. The van der Waals surface area contributed by atoms with Gasteiger partial charge in [-0.15, -0.1) is 0 Å². The summed E-state index contributed by atoms with van der Waals surface area (Å²) in [6.45, 7) is 0. The topological polar surface area (TPSA) is 34.1 Å². The predicted octanol–water partition coefficient (Wildman–Crippen LogP) is 1.02. The van der Waals surface area contributed by atoms with Crippen LogP contribution in [0.5, 0.6) is 0 Å². The Morgan fingerprint density at radius 1 is 1.18 bits per heavy atom. The monoisotopic (exact) mass is 172 g/mol. The minimum absolute atomic E-state index is 0.218. The van der Waals surface area contributed by atoms with Crippen molar-refractivity contribution in [3.05, 3.63) is 0 Å². The Balaban J connectivity index is 2.19. The molecule has 2 heterocycles. The number of Topliss-reactive ketones (excluding diaryl/α,β-unsaturated/α-hetero) is 1. The smallest absolute Gasteiger partial charge is 0.135 e. The summed E-state index contributed by atoms with van der Waals surface area (Å²) in [6.07, 6.45) is 4.37. The molecule has 2 bridgehead atoms. The van der Waals surface area contributed by atoms with E-state index in [4.69, 9.17) is 0 Å². The second-order valence-corrected chi connectivity index (χ2v) is 5.44. The van der Waals surface area contributed by atoms with E-state index in [0.717, 1.165) is 12.8 Å². The second-order valence-electron chi connectivity index (χ2n) is 3.45. The van der Waals surface area contributed by atoms with Crippen LogP contribution in [0, 0.1) is 0 Å². The van der Waals surface area contributed by atoms with Gasteiger partial charge < -0.3 is 0 Å². The third-order valence-corrected chi connectivity index (χ3v) is 4.74. The molecule has 2 rings (SSSR count). The highest BCUT2D eigenvalue weighted by Crippen LogP contribution is 2.31. The number of ketones is 1. The van der Waals surface area contributed by atoms with E-state index in [2.05, 4.69) is 0 Å². The van der Waals surface area contributed by atoms with Gasteiger partial charge in [0, 0.05) is 34.1 Å². The van der Waals surface area contributed by atoms with E-state index in [1.807, 2.05) is 0 Å². The Morgan fingerprint density at radius 3 is 2.27 bits per heavy atom. The molecule has 2 aliphatic heterocycles. The quantitative estimate of drug-likeness (QED) is 0.546. The second kappa shape index (κ2) is 2.70. The number of carbonyl (C=O) groups excluding carboxylic acids is 1. The first-order chi connectivity index (χ1) is 5.27. The number of hydrogen-bond acceptors (Lipinski definition) is 2. The molecule has 2 fully saturated rings. The van der Waals surface area contributed by atoms with Gasteiger partial charge in [0.1, 0.15) is 5.78 Å². The molecule has 0 aromatic rings. The lowest BCUT2D eigenvalue weighted by Crippen LogP contribution is -2.39. The van der Waals surface area contributed by atoms with Gasteiger partial charge in [-0.3, -0.25) is 9.00 Å². The summed E-state index contributed by atoms with van der Waals surface area (Å²) in [6, 6.07) is 0. The minimum atomic E-state index is -0.677.